The Bertz CT molecular complexity index is 495. The number of esters is 1. The van der Waals surface area contributed by atoms with E-state index in [1.165, 1.54) is 0 Å². The zero-order valence-corrected chi connectivity index (χ0v) is 10.3. The molecule has 0 atom stereocenters. The number of hydrogen-bond donors (Lipinski definition) is 0. The van der Waals surface area contributed by atoms with Gasteiger partial charge >= 0.3 is 5.97 Å². The molecule has 0 unspecified atom stereocenters. The number of carbonyl (C=O) groups is 1. The van der Waals surface area contributed by atoms with E-state index in [0.29, 0.717) is 5.57 Å². The Kier molecular flexibility index (Phi) is 4.47. The monoisotopic (exact) mass is 229 g/mol. The molecular weight excluding hydrogens is 214 g/mol. The van der Waals surface area contributed by atoms with Gasteiger partial charge in [0.05, 0.1) is 6.61 Å². The third-order valence-corrected chi connectivity index (χ3v) is 2.52. The summed E-state index contributed by atoms with van der Waals surface area (Å²) in [5.41, 5.74) is 2.66. The normalized spacial score (nSPS) is 11.4. The maximum absolute atomic E-state index is 11.6. The zero-order valence-electron chi connectivity index (χ0n) is 10.3. The Labute approximate surface area is 101 Å². The predicted octanol–water partition coefficient (Wildman–Crippen LogP) is 2.86. The summed E-state index contributed by atoms with van der Waals surface area (Å²) in [6, 6.07) is 9.55. The van der Waals surface area contributed by atoms with E-state index in [4.69, 9.17) is 10.00 Å². The van der Waals surface area contributed by atoms with Crippen molar-refractivity contribution in [1.82, 2.24) is 0 Å². The average Bonchev–Trinajstić information content (AvgIpc) is 2.30. The lowest BCUT2D eigenvalue weighted by molar-refractivity contribution is -0.137. The molecule has 1 aromatic carbocycles. The summed E-state index contributed by atoms with van der Waals surface area (Å²) in [6.45, 7) is 5.69. The van der Waals surface area contributed by atoms with E-state index < -0.39 is 5.97 Å². The average molecular weight is 229 g/mol. The van der Waals surface area contributed by atoms with Crippen molar-refractivity contribution in [2.75, 3.05) is 6.61 Å². The summed E-state index contributed by atoms with van der Waals surface area (Å²) in [6.07, 6.45) is 0. The molecule has 3 nitrogen and oxygen atoms in total. The topological polar surface area (TPSA) is 50.1 Å². The van der Waals surface area contributed by atoms with Gasteiger partial charge < -0.3 is 4.74 Å². The van der Waals surface area contributed by atoms with Crippen LogP contribution >= 0.6 is 0 Å². The molecule has 0 fully saturated rings. The number of allylic oxidation sites excluding steroid dienone is 1. The molecule has 1 aromatic rings. The van der Waals surface area contributed by atoms with Crippen molar-refractivity contribution in [3.05, 3.63) is 41.0 Å². The molecular formula is C14H15NO2. The molecule has 0 aliphatic heterocycles. The molecule has 0 aromatic heterocycles. The molecule has 17 heavy (non-hydrogen) atoms. The van der Waals surface area contributed by atoms with Crippen LogP contribution in [0.25, 0.3) is 5.57 Å². The predicted molar refractivity (Wildman–Crippen MR) is 66.0 cm³/mol. The van der Waals surface area contributed by atoms with Crippen molar-refractivity contribution < 1.29 is 9.53 Å². The molecule has 1 rings (SSSR count). The van der Waals surface area contributed by atoms with Crippen LogP contribution in [0.1, 0.15) is 25.0 Å². The number of ether oxygens (including phenoxy) is 1. The summed E-state index contributed by atoms with van der Waals surface area (Å²) >= 11 is 0. The first-order valence-electron chi connectivity index (χ1n) is 5.45. The Morgan fingerprint density at radius 1 is 1.41 bits per heavy atom. The van der Waals surface area contributed by atoms with Crippen molar-refractivity contribution in [2.24, 2.45) is 0 Å². The van der Waals surface area contributed by atoms with E-state index >= 15 is 0 Å². The van der Waals surface area contributed by atoms with Gasteiger partial charge in [-0.25, -0.2) is 4.79 Å². The summed E-state index contributed by atoms with van der Waals surface area (Å²) in [7, 11) is 0. The van der Waals surface area contributed by atoms with Gasteiger partial charge in [0.1, 0.15) is 11.6 Å². The number of benzene rings is 1. The molecule has 0 bridgehead atoms. The summed E-state index contributed by atoms with van der Waals surface area (Å²) in [5, 5.41) is 9.04. The smallest absolute Gasteiger partial charge is 0.349 e. The first-order chi connectivity index (χ1) is 8.11. The Morgan fingerprint density at radius 3 is 2.59 bits per heavy atom. The Morgan fingerprint density at radius 2 is 2.06 bits per heavy atom. The van der Waals surface area contributed by atoms with E-state index in [1.807, 2.05) is 37.3 Å². The molecule has 0 spiro atoms. The van der Waals surface area contributed by atoms with E-state index in [1.54, 1.807) is 13.8 Å². The number of nitrogens with zero attached hydrogens (tertiary/aromatic N) is 1. The fourth-order valence-electron chi connectivity index (χ4n) is 1.61. The van der Waals surface area contributed by atoms with Crippen molar-refractivity contribution in [2.45, 2.75) is 20.8 Å². The van der Waals surface area contributed by atoms with Crippen LogP contribution < -0.4 is 0 Å². The second-order valence-corrected chi connectivity index (χ2v) is 3.65. The molecule has 0 aliphatic carbocycles. The third-order valence-electron chi connectivity index (χ3n) is 2.52. The molecule has 0 heterocycles. The standard InChI is InChI=1S/C14H15NO2/c1-4-17-14(16)13(9-15)11(3)12-8-6-5-7-10(12)2/h5-8H,4H2,1-3H3/b13-11+. The summed E-state index contributed by atoms with van der Waals surface area (Å²) < 4.78 is 4.86. The van der Waals surface area contributed by atoms with Gasteiger partial charge in [-0.05, 0) is 37.5 Å². The minimum absolute atomic E-state index is 0.0705. The van der Waals surface area contributed by atoms with Crippen LogP contribution in [-0.4, -0.2) is 12.6 Å². The van der Waals surface area contributed by atoms with E-state index in [2.05, 4.69) is 0 Å². The van der Waals surface area contributed by atoms with Gasteiger partial charge in [0.15, 0.2) is 0 Å². The molecule has 0 N–H and O–H groups in total. The Balaban J connectivity index is 3.24. The lowest BCUT2D eigenvalue weighted by atomic mass is 9.98. The number of rotatable bonds is 3. The molecule has 0 radical (unpaired) electrons. The second kappa shape index (κ2) is 5.86. The zero-order chi connectivity index (χ0) is 12.8. The highest BCUT2D eigenvalue weighted by atomic mass is 16.5. The van der Waals surface area contributed by atoms with Gasteiger partial charge in [0, 0.05) is 0 Å². The molecule has 0 saturated carbocycles. The lowest BCUT2D eigenvalue weighted by Gasteiger charge is -2.08. The van der Waals surface area contributed by atoms with E-state index in [-0.39, 0.29) is 12.2 Å². The maximum atomic E-state index is 11.6. The van der Waals surface area contributed by atoms with Crippen LogP contribution in [0, 0.1) is 18.3 Å². The van der Waals surface area contributed by atoms with Gasteiger partial charge in [-0.1, -0.05) is 24.3 Å². The van der Waals surface area contributed by atoms with Gasteiger partial charge in [0.25, 0.3) is 0 Å². The highest BCUT2D eigenvalue weighted by Crippen LogP contribution is 2.22. The number of hydrogen-bond acceptors (Lipinski definition) is 3. The highest BCUT2D eigenvalue weighted by Gasteiger charge is 2.15. The van der Waals surface area contributed by atoms with Crippen molar-refractivity contribution in [1.29, 1.82) is 5.26 Å². The number of aryl methyl sites for hydroxylation is 1. The Hall–Kier alpha value is -2.08. The van der Waals surface area contributed by atoms with E-state index in [0.717, 1.165) is 11.1 Å². The molecule has 0 saturated heterocycles. The van der Waals surface area contributed by atoms with Crippen molar-refractivity contribution >= 4 is 11.5 Å². The fraction of sp³-hybridized carbons (Fsp3) is 0.286. The van der Waals surface area contributed by atoms with Crippen LogP contribution in [0.5, 0.6) is 0 Å². The summed E-state index contributed by atoms with van der Waals surface area (Å²) in [5.74, 6) is -0.559. The first kappa shape index (κ1) is 13.0. The molecule has 0 amide bonds. The lowest BCUT2D eigenvalue weighted by Crippen LogP contribution is -2.08. The van der Waals surface area contributed by atoms with Crippen LogP contribution in [0.15, 0.2) is 29.8 Å². The fourth-order valence-corrected chi connectivity index (χ4v) is 1.61. The number of carbonyl (C=O) groups excluding carboxylic acids is 1. The SMILES string of the molecule is CCOC(=O)/C(C#N)=C(\C)c1ccccc1C. The van der Waals surface area contributed by atoms with Crippen LogP contribution in [0.3, 0.4) is 0 Å². The van der Waals surface area contributed by atoms with Gasteiger partial charge in [0.2, 0.25) is 0 Å². The van der Waals surface area contributed by atoms with Crippen LogP contribution in [-0.2, 0) is 9.53 Å². The first-order valence-corrected chi connectivity index (χ1v) is 5.45. The van der Waals surface area contributed by atoms with Gasteiger partial charge in [-0.3, -0.25) is 0 Å². The number of nitriles is 1. The molecule has 0 aliphatic rings. The van der Waals surface area contributed by atoms with Crippen LogP contribution in [0.4, 0.5) is 0 Å². The van der Waals surface area contributed by atoms with Gasteiger partial charge in [-0.2, -0.15) is 5.26 Å². The van der Waals surface area contributed by atoms with Crippen molar-refractivity contribution in [3.63, 3.8) is 0 Å². The maximum Gasteiger partial charge on any atom is 0.349 e. The highest BCUT2D eigenvalue weighted by molar-refractivity contribution is 6.01. The minimum Gasteiger partial charge on any atom is -0.462 e. The molecule has 88 valence electrons. The summed E-state index contributed by atoms with van der Waals surface area (Å²) in [4.78, 5) is 11.6. The largest absolute Gasteiger partial charge is 0.462 e. The van der Waals surface area contributed by atoms with Crippen molar-refractivity contribution in [3.8, 4) is 6.07 Å². The minimum atomic E-state index is -0.559. The molecule has 3 heteroatoms. The van der Waals surface area contributed by atoms with Gasteiger partial charge in [-0.15, -0.1) is 0 Å². The third kappa shape index (κ3) is 2.94. The van der Waals surface area contributed by atoms with Crippen LogP contribution in [0.2, 0.25) is 0 Å². The van der Waals surface area contributed by atoms with E-state index in [9.17, 15) is 4.79 Å². The quantitative estimate of drug-likeness (QED) is 0.455. The second-order valence-electron chi connectivity index (χ2n) is 3.65.